The van der Waals surface area contributed by atoms with Crippen LogP contribution in [0, 0.1) is 27.5 Å². The first-order chi connectivity index (χ1) is 50.3. The van der Waals surface area contributed by atoms with Crippen molar-refractivity contribution in [3.05, 3.63) is 258 Å². The minimum absolute atomic E-state index is 0.0324. The zero-order chi connectivity index (χ0) is 77.5. The Morgan fingerprint density at radius 1 is 0.533 bits per heavy atom. The van der Waals surface area contributed by atoms with Gasteiger partial charge in [-0.3, -0.25) is 9.88 Å². The molecule has 8 bridgehead atoms. The molecule has 107 heavy (non-hydrogen) atoms. The second-order valence-corrected chi connectivity index (χ2v) is 41.5. The molecule has 19 rings (SSSR count). The lowest BCUT2D eigenvalue weighted by atomic mass is 9.56. The number of nitrogens with zero attached hydrogens (tertiary/aromatic N) is 4. The minimum atomic E-state index is -3.80. The molecular formula is C91H110Br2Cl2FN5O4S2. The molecule has 9 heterocycles. The molecule has 0 saturated carbocycles. The molecule has 9 nitrogen and oxygen atoms in total. The zero-order valence-electron chi connectivity index (χ0n) is 65.1. The molecule has 0 amide bonds. The van der Waals surface area contributed by atoms with Gasteiger partial charge in [0, 0.05) is 86.8 Å². The zero-order valence-corrected chi connectivity index (χ0v) is 71.5. The van der Waals surface area contributed by atoms with Crippen molar-refractivity contribution in [1.29, 1.82) is 0 Å². The average molecular weight is 1650 g/mol. The number of aromatic nitrogens is 1. The van der Waals surface area contributed by atoms with Crippen LogP contribution in [-0.4, -0.2) is 72.3 Å². The summed E-state index contributed by atoms with van der Waals surface area (Å²) in [4.78, 5) is 7.30. The molecule has 16 heteroatoms. The summed E-state index contributed by atoms with van der Waals surface area (Å²) in [6.07, 6.45) is 16.4. The van der Waals surface area contributed by atoms with Crippen molar-refractivity contribution in [2.45, 2.75) is 238 Å². The van der Waals surface area contributed by atoms with Crippen LogP contribution in [0.15, 0.2) is 202 Å². The normalized spacial score (nSPS) is 26.3. The molecule has 12 aliphatic rings. The van der Waals surface area contributed by atoms with Crippen molar-refractivity contribution in [1.82, 2.24) is 23.8 Å². The molecule has 570 valence electrons. The van der Waals surface area contributed by atoms with Gasteiger partial charge in [-0.1, -0.05) is 225 Å². The first-order valence-electron chi connectivity index (χ1n) is 38.3. The minimum Gasteiger partial charge on any atom is -0.306 e. The fourth-order valence-electron chi connectivity index (χ4n) is 21.0. The maximum absolute atomic E-state index is 13.7. The van der Waals surface area contributed by atoms with Crippen molar-refractivity contribution in [2.24, 2.45) is 21.7 Å². The topological polar surface area (TPSA) is 103 Å². The molecule has 6 aromatic carbocycles. The third-order valence-corrected chi connectivity index (χ3v) is 30.1. The lowest BCUT2D eigenvalue weighted by molar-refractivity contribution is -0.0261. The van der Waals surface area contributed by atoms with Gasteiger partial charge >= 0.3 is 0 Å². The van der Waals surface area contributed by atoms with Gasteiger partial charge in [-0.2, -0.15) is 8.61 Å². The number of sulfonamides is 2. The van der Waals surface area contributed by atoms with Crippen LogP contribution in [0.1, 0.15) is 253 Å². The van der Waals surface area contributed by atoms with Gasteiger partial charge < -0.3 is 5.32 Å². The standard InChI is InChI=1S/C28H35Cl2N.C23H25BrFNO2S.C22H26N2.C18H24BrNO2S/c1-6-7-8-14-31-24(15-18(2)3)27-26-20(19-12-13-22(29)23(30)16-19)10-9-11-21(26)25(31)17-28(27,4)5;1-14(2)12-19-22-21-17(6-5-7-18(21)24)20(13-23(22,3)4)26(19)29(27,28)16-10-8-15(25)9-11-16;1-14(2)11-18-21-20-16(15-7-6-10-23-13-15)8-5-9-17(20)19(24-18)12-22(21,3)4;1-11(2)9-14-17-16-12(7-6-8-13(16)19)15(10-18(17,3)4)20(14)23(5,21)22/h9-13,16,24-25,27H,2,6-8,14-15,17H2,1,3-5H3;5-11,19-20,22H,1,12-13H2,2-4H3;5-10,13,18-19,21,24H,1,11-12H2,2-4H3;6-8,14-15,17H,1,9-10H2,2-5H3. The van der Waals surface area contributed by atoms with Crippen LogP contribution in [0.3, 0.4) is 0 Å². The van der Waals surface area contributed by atoms with Crippen LogP contribution in [-0.2, 0) is 20.0 Å². The number of fused-ring (bicyclic) bond motifs is 8. The first kappa shape index (κ1) is 81.1. The number of hydrogen-bond donors (Lipinski definition) is 1. The van der Waals surface area contributed by atoms with Gasteiger partial charge in [0.2, 0.25) is 20.0 Å². The summed E-state index contributed by atoms with van der Waals surface area (Å²) in [5.41, 5.74) is 20.9. The van der Waals surface area contributed by atoms with Crippen molar-refractivity contribution >= 4 is 75.1 Å². The summed E-state index contributed by atoms with van der Waals surface area (Å²) in [5, 5.41) is 5.13. The molecule has 1 N–H and O–H groups in total. The predicted octanol–water partition coefficient (Wildman–Crippen LogP) is 25.1. The Bertz CT molecular complexity index is 4810. The Balaban J connectivity index is 0.000000134. The molecule has 1 aromatic heterocycles. The van der Waals surface area contributed by atoms with E-state index in [0.717, 1.165) is 56.9 Å². The summed E-state index contributed by atoms with van der Waals surface area (Å²) in [6, 6.07) is 42.5. The Kier molecular flexibility index (Phi) is 23.7. The number of pyridine rings is 1. The predicted molar refractivity (Wildman–Crippen MR) is 450 cm³/mol. The smallest absolute Gasteiger partial charge is 0.243 e. The maximum atomic E-state index is 13.7. The number of halogens is 5. The van der Waals surface area contributed by atoms with Crippen LogP contribution in [0.5, 0.6) is 0 Å². The molecular weight excluding hydrogens is 1540 g/mol. The van der Waals surface area contributed by atoms with Crippen LogP contribution in [0.2, 0.25) is 10.0 Å². The Morgan fingerprint density at radius 3 is 1.51 bits per heavy atom. The largest absolute Gasteiger partial charge is 0.306 e. The van der Waals surface area contributed by atoms with E-state index in [9.17, 15) is 21.2 Å². The lowest BCUT2D eigenvalue weighted by Crippen LogP contribution is -2.58. The first-order valence-corrected chi connectivity index (χ1v) is 44.0. The number of nitrogens with one attached hydrogen (secondary N) is 1. The Labute approximate surface area is 666 Å². The summed E-state index contributed by atoms with van der Waals surface area (Å²) in [5.74, 6) is 0.731. The Morgan fingerprint density at radius 2 is 1.00 bits per heavy atom. The maximum Gasteiger partial charge on any atom is 0.243 e. The van der Waals surface area contributed by atoms with Gasteiger partial charge in [-0.25, -0.2) is 21.2 Å². The lowest BCUT2D eigenvalue weighted by Gasteiger charge is -2.60. The highest BCUT2D eigenvalue weighted by atomic mass is 79.9. The monoisotopic (exact) mass is 1650 g/mol. The van der Waals surface area contributed by atoms with Crippen LogP contribution in [0.4, 0.5) is 4.39 Å². The van der Waals surface area contributed by atoms with E-state index in [1.807, 2.05) is 68.7 Å². The van der Waals surface area contributed by atoms with Gasteiger partial charge in [-0.15, -0.1) is 26.3 Å². The highest BCUT2D eigenvalue weighted by Crippen LogP contribution is 2.66. The van der Waals surface area contributed by atoms with Crippen LogP contribution < -0.4 is 5.32 Å². The Hall–Kier alpha value is -5.36. The van der Waals surface area contributed by atoms with Gasteiger partial charge in [-0.05, 0) is 229 Å². The van der Waals surface area contributed by atoms with Crippen molar-refractivity contribution in [3.63, 3.8) is 0 Å². The molecule has 7 aromatic rings. The van der Waals surface area contributed by atoms with E-state index in [4.69, 9.17) is 23.2 Å². The second kappa shape index (κ2) is 31.3. The van der Waals surface area contributed by atoms with Gasteiger partial charge in [0.25, 0.3) is 0 Å². The number of hydrogen-bond acceptors (Lipinski definition) is 7. The number of benzene rings is 6. The van der Waals surface area contributed by atoms with E-state index in [2.05, 4.69) is 210 Å². The van der Waals surface area contributed by atoms with E-state index in [1.165, 1.54) is 136 Å². The quantitative estimate of drug-likeness (QED) is 0.0716. The number of piperidine rings is 4. The van der Waals surface area contributed by atoms with Gasteiger partial charge in [0.1, 0.15) is 5.82 Å². The molecule has 4 saturated heterocycles. The van der Waals surface area contributed by atoms with E-state index in [-0.39, 0.29) is 57.1 Å². The molecule has 12 unspecified atom stereocenters. The summed E-state index contributed by atoms with van der Waals surface area (Å²) in [6.45, 7) is 47.1. The van der Waals surface area contributed by atoms with Gasteiger partial charge in [0.15, 0.2) is 0 Å². The molecule has 4 aliphatic carbocycles. The van der Waals surface area contributed by atoms with E-state index in [0.29, 0.717) is 64.3 Å². The summed E-state index contributed by atoms with van der Waals surface area (Å²) in [7, 11) is -7.08. The molecule has 4 fully saturated rings. The molecule has 12 atom stereocenters. The fourth-order valence-corrected chi connectivity index (χ4v) is 25.7. The molecule has 0 radical (unpaired) electrons. The SMILES string of the molecule is C=C(C)CC1C2c3c(-c4ccc(Cl)c(Cl)c4)cccc3C(CC2(C)C)N1CCCCC.C=C(C)CC1C2c3c(Br)cccc3C(CC2(C)C)N1S(=O)(=O)c1ccc(F)cc1.C=C(C)CC1C2c3c(Br)cccc3C(CC2(C)C)N1S(C)(=O)=O.C=C(C)CC1NC2CC(C)(C)C1c1c(-c3cccnc3)cccc12. The second-order valence-electron chi connectivity index (χ2n) is 35.2. The van der Waals surface area contributed by atoms with Crippen molar-refractivity contribution in [2.75, 3.05) is 12.8 Å². The third kappa shape index (κ3) is 15.8. The van der Waals surface area contributed by atoms with Crippen LogP contribution >= 0.6 is 55.1 Å². The molecule has 8 aliphatic heterocycles. The highest BCUT2D eigenvalue weighted by molar-refractivity contribution is 9.10. The van der Waals surface area contributed by atoms with E-state index < -0.39 is 25.9 Å². The number of unbranched alkanes of at least 4 members (excludes halogenated alkanes) is 2. The van der Waals surface area contributed by atoms with Gasteiger partial charge in [0.05, 0.1) is 33.3 Å². The highest BCUT2D eigenvalue weighted by Gasteiger charge is 2.60. The average Bonchev–Trinajstić information content (AvgIpc) is 0.748. The van der Waals surface area contributed by atoms with Crippen molar-refractivity contribution in [3.8, 4) is 22.3 Å². The van der Waals surface area contributed by atoms with Crippen LogP contribution in [0.25, 0.3) is 22.3 Å². The van der Waals surface area contributed by atoms with Crippen molar-refractivity contribution < 1.29 is 21.2 Å². The molecule has 0 spiro atoms. The van der Waals surface area contributed by atoms with E-state index in [1.54, 1.807) is 8.61 Å². The number of rotatable bonds is 17. The summed E-state index contributed by atoms with van der Waals surface area (Å²) >= 11 is 20.1. The fraction of sp³-hybridized carbons (Fsp3) is 0.462. The third-order valence-electron chi connectivity index (χ3n) is 24.7. The summed E-state index contributed by atoms with van der Waals surface area (Å²) < 4.78 is 71.6. The van der Waals surface area contributed by atoms with E-state index >= 15 is 0 Å².